The predicted octanol–water partition coefficient (Wildman–Crippen LogP) is 0.175. The van der Waals surface area contributed by atoms with Gasteiger partial charge in [0.1, 0.15) is 4.60 Å². The second-order valence-electron chi connectivity index (χ2n) is 2.30. The third-order valence-corrected chi connectivity index (χ3v) is 2.46. The molecule has 62 valence electrons. The van der Waals surface area contributed by atoms with Gasteiger partial charge in [0.2, 0.25) is 0 Å². The van der Waals surface area contributed by atoms with Crippen molar-refractivity contribution in [3.05, 3.63) is 16.4 Å². The molecule has 3 N–H and O–H groups in total. The van der Waals surface area contributed by atoms with Crippen molar-refractivity contribution in [1.82, 2.24) is 9.78 Å². The zero-order chi connectivity index (χ0) is 8.43. The van der Waals surface area contributed by atoms with Gasteiger partial charge < -0.3 is 10.8 Å². The zero-order valence-electron chi connectivity index (χ0n) is 6.16. The quantitative estimate of drug-likeness (QED) is 0.746. The van der Waals surface area contributed by atoms with Crippen molar-refractivity contribution in [2.24, 2.45) is 12.8 Å². The maximum Gasteiger partial charge on any atom is 0.108 e. The number of aliphatic hydroxyl groups is 1. The van der Waals surface area contributed by atoms with Crippen molar-refractivity contribution in [2.45, 2.75) is 6.04 Å². The van der Waals surface area contributed by atoms with Crippen LogP contribution in [0.3, 0.4) is 0 Å². The number of aliphatic hydroxyl groups excluding tert-OH is 1. The number of halogens is 1. The minimum absolute atomic E-state index is 0.0652. The summed E-state index contributed by atoms with van der Waals surface area (Å²) in [7, 11) is 1.80. The van der Waals surface area contributed by atoms with Gasteiger partial charge in [0.05, 0.1) is 18.8 Å². The maximum atomic E-state index is 8.74. The Morgan fingerprint density at radius 3 is 2.91 bits per heavy atom. The Hall–Kier alpha value is -0.390. The van der Waals surface area contributed by atoms with E-state index < -0.39 is 0 Å². The van der Waals surface area contributed by atoms with E-state index in [9.17, 15) is 0 Å². The Kier molecular flexibility index (Phi) is 2.64. The van der Waals surface area contributed by atoms with Crippen molar-refractivity contribution < 1.29 is 5.11 Å². The molecule has 0 bridgehead atoms. The fraction of sp³-hybridized carbons (Fsp3) is 0.500. The first-order valence-corrected chi connectivity index (χ1v) is 4.00. The average Bonchev–Trinajstić information content (AvgIpc) is 2.32. The van der Waals surface area contributed by atoms with Gasteiger partial charge in [-0.05, 0) is 15.9 Å². The number of rotatable bonds is 2. The van der Waals surface area contributed by atoms with Gasteiger partial charge >= 0.3 is 0 Å². The van der Waals surface area contributed by atoms with Crippen LogP contribution < -0.4 is 5.73 Å². The molecule has 0 aliphatic rings. The molecule has 1 aromatic heterocycles. The molecule has 1 atom stereocenters. The summed E-state index contributed by atoms with van der Waals surface area (Å²) in [5, 5.41) is 12.7. The molecule has 0 saturated heterocycles. The molecule has 0 fully saturated rings. The maximum absolute atomic E-state index is 8.74. The Morgan fingerprint density at radius 1 is 1.91 bits per heavy atom. The Labute approximate surface area is 73.1 Å². The fourth-order valence-corrected chi connectivity index (χ4v) is 1.27. The van der Waals surface area contributed by atoms with Crippen LogP contribution >= 0.6 is 15.9 Å². The number of nitrogens with zero attached hydrogens (tertiary/aromatic N) is 2. The Morgan fingerprint density at radius 2 is 2.55 bits per heavy atom. The van der Waals surface area contributed by atoms with E-state index in [1.165, 1.54) is 0 Å². The van der Waals surface area contributed by atoms with Crippen LogP contribution in [0.2, 0.25) is 0 Å². The Bertz CT molecular complexity index is 248. The van der Waals surface area contributed by atoms with E-state index in [-0.39, 0.29) is 12.6 Å². The summed E-state index contributed by atoms with van der Waals surface area (Å²) in [6.45, 7) is -0.0652. The van der Waals surface area contributed by atoms with Gasteiger partial charge in [-0.3, -0.25) is 4.68 Å². The van der Waals surface area contributed by atoms with E-state index in [1.807, 2.05) is 0 Å². The van der Waals surface area contributed by atoms with E-state index in [2.05, 4.69) is 21.0 Å². The summed E-state index contributed by atoms with van der Waals surface area (Å²) in [6.07, 6.45) is 1.64. The second kappa shape index (κ2) is 3.34. The number of aromatic nitrogens is 2. The molecule has 1 unspecified atom stereocenters. The third-order valence-electron chi connectivity index (χ3n) is 1.49. The second-order valence-corrected chi connectivity index (χ2v) is 3.05. The van der Waals surface area contributed by atoms with Crippen molar-refractivity contribution >= 4 is 15.9 Å². The number of aryl methyl sites for hydroxylation is 1. The first-order chi connectivity index (χ1) is 5.16. The van der Waals surface area contributed by atoms with Crippen molar-refractivity contribution in [3.8, 4) is 0 Å². The van der Waals surface area contributed by atoms with Crippen LogP contribution in [0.1, 0.15) is 11.6 Å². The van der Waals surface area contributed by atoms with Gasteiger partial charge in [0.15, 0.2) is 0 Å². The highest BCUT2D eigenvalue weighted by atomic mass is 79.9. The van der Waals surface area contributed by atoms with E-state index in [4.69, 9.17) is 10.8 Å². The lowest BCUT2D eigenvalue weighted by atomic mass is 10.2. The highest BCUT2D eigenvalue weighted by Crippen LogP contribution is 2.20. The van der Waals surface area contributed by atoms with Crippen LogP contribution in [0, 0.1) is 0 Å². The van der Waals surface area contributed by atoms with Gasteiger partial charge in [-0.1, -0.05) is 0 Å². The molecule has 1 aromatic rings. The van der Waals surface area contributed by atoms with E-state index in [1.54, 1.807) is 17.9 Å². The van der Waals surface area contributed by atoms with E-state index in [0.29, 0.717) is 0 Å². The van der Waals surface area contributed by atoms with Gasteiger partial charge in [-0.25, -0.2) is 0 Å². The average molecular weight is 220 g/mol. The molecule has 0 aliphatic heterocycles. The van der Waals surface area contributed by atoms with Gasteiger partial charge in [0, 0.05) is 12.6 Å². The monoisotopic (exact) mass is 219 g/mol. The molecule has 0 aliphatic carbocycles. The number of nitrogens with two attached hydrogens (primary N) is 1. The standard InChI is InChI=1S/C6H10BrN3O/c1-10-6(7)4(2-9-10)5(8)3-11/h2,5,11H,3,8H2,1H3. The van der Waals surface area contributed by atoms with Crippen LogP contribution in [0.15, 0.2) is 10.8 Å². The first-order valence-electron chi connectivity index (χ1n) is 3.20. The van der Waals surface area contributed by atoms with Crippen LogP contribution in [0.5, 0.6) is 0 Å². The summed E-state index contributed by atoms with van der Waals surface area (Å²) in [5.41, 5.74) is 6.40. The molecule has 0 aromatic carbocycles. The molecule has 0 saturated carbocycles. The van der Waals surface area contributed by atoms with E-state index >= 15 is 0 Å². The van der Waals surface area contributed by atoms with Crippen LogP contribution in [0.25, 0.3) is 0 Å². The summed E-state index contributed by atoms with van der Waals surface area (Å²) >= 11 is 3.30. The fourth-order valence-electron chi connectivity index (χ4n) is 0.787. The first kappa shape index (κ1) is 8.70. The molecule has 11 heavy (non-hydrogen) atoms. The minimum atomic E-state index is -0.349. The number of hydrogen-bond acceptors (Lipinski definition) is 3. The smallest absolute Gasteiger partial charge is 0.108 e. The molecule has 0 radical (unpaired) electrons. The lowest BCUT2D eigenvalue weighted by Gasteiger charge is -2.04. The van der Waals surface area contributed by atoms with Crippen molar-refractivity contribution in [1.29, 1.82) is 0 Å². The summed E-state index contributed by atoms with van der Waals surface area (Å²) in [5.74, 6) is 0. The Balaban J connectivity index is 2.94. The zero-order valence-corrected chi connectivity index (χ0v) is 7.74. The third kappa shape index (κ3) is 1.61. The SMILES string of the molecule is Cn1ncc(C(N)CO)c1Br. The molecule has 1 heterocycles. The highest BCUT2D eigenvalue weighted by Gasteiger charge is 2.11. The highest BCUT2D eigenvalue weighted by molar-refractivity contribution is 9.10. The topological polar surface area (TPSA) is 64.1 Å². The molecular formula is C6H10BrN3O. The van der Waals surface area contributed by atoms with Crippen molar-refractivity contribution in [3.63, 3.8) is 0 Å². The van der Waals surface area contributed by atoms with Gasteiger partial charge in [-0.2, -0.15) is 5.10 Å². The van der Waals surface area contributed by atoms with Crippen LogP contribution in [-0.2, 0) is 7.05 Å². The minimum Gasteiger partial charge on any atom is -0.394 e. The molecular weight excluding hydrogens is 210 g/mol. The van der Waals surface area contributed by atoms with Crippen LogP contribution in [-0.4, -0.2) is 21.5 Å². The number of hydrogen-bond donors (Lipinski definition) is 2. The predicted molar refractivity (Wildman–Crippen MR) is 44.9 cm³/mol. The molecule has 0 amide bonds. The van der Waals surface area contributed by atoms with E-state index in [0.717, 1.165) is 10.2 Å². The largest absolute Gasteiger partial charge is 0.394 e. The van der Waals surface area contributed by atoms with Crippen LogP contribution in [0.4, 0.5) is 0 Å². The summed E-state index contributed by atoms with van der Waals surface area (Å²) < 4.78 is 2.48. The lowest BCUT2D eigenvalue weighted by Crippen LogP contribution is -2.14. The molecule has 1 rings (SSSR count). The molecule has 4 nitrogen and oxygen atoms in total. The summed E-state index contributed by atoms with van der Waals surface area (Å²) in [6, 6.07) is -0.349. The van der Waals surface area contributed by atoms with Gasteiger partial charge in [0.25, 0.3) is 0 Å². The van der Waals surface area contributed by atoms with Gasteiger partial charge in [-0.15, -0.1) is 0 Å². The summed E-state index contributed by atoms with van der Waals surface area (Å²) in [4.78, 5) is 0. The molecule has 0 spiro atoms. The molecule has 5 heteroatoms. The lowest BCUT2D eigenvalue weighted by molar-refractivity contribution is 0.267. The van der Waals surface area contributed by atoms with Crippen molar-refractivity contribution in [2.75, 3.05) is 6.61 Å². The normalized spacial score (nSPS) is 13.5.